The van der Waals surface area contributed by atoms with Gasteiger partial charge in [0, 0.05) is 18.2 Å². The summed E-state index contributed by atoms with van der Waals surface area (Å²) >= 11 is 0. The average Bonchev–Trinajstić information content (AvgIpc) is 2.82. The normalized spacial score (nSPS) is 10.5. The molecule has 0 fully saturated rings. The Hall–Kier alpha value is -3.60. The van der Waals surface area contributed by atoms with E-state index in [2.05, 4.69) is 47.1 Å². The van der Waals surface area contributed by atoms with Crippen LogP contribution in [0.3, 0.4) is 0 Å². The molecule has 5 nitrogen and oxygen atoms in total. The lowest BCUT2D eigenvalue weighted by Crippen LogP contribution is -2.39. The number of anilines is 1. The number of hydrogen-bond donors (Lipinski definition) is 3. The third-order valence-electron chi connectivity index (χ3n) is 5.19. The van der Waals surface area contributed by atoms with Gasteiger partial charge in [0.15, 0.2) is 0 Å². The maximum Gasteiger partial charge on any atom is 0.319 e. The van der Waals surface area contributed by atoms with Crippen LogP contribution in [0.5, 0.6) is 0 Å². The number of hydrogen-bond acceptors (Lipinski definition) is 2. The summed E-state index contributed by atoms with van der Waals surface area (Å²) < 4.78 is 0. The standard InChI is InChI=1S/C26H29N3O2/c1-2-20-13-15-23(16-14-20)29-26(31)28-19-25(30)27-18-17-24(21-9-5-3-6-10-21)22-11-7-4-8-12-22/h3-16,24H,2,17-19H2,1H3,(H,27,30)(H2,28,29,31). The van der Waals surface area contributed by atoms with E-state index < -0.39 is 6.03 Å². The molecule has 0 aliphatic carbocycles. The number of rotatable bonds is 9. The fourth-order valence-electron chi connectivity index (χ4n) is 3.47. The van der Waals surface area contributed by atoms with Crippen molar-refractivity contribution in [2.24, 2.45) is 0 Å². The number of aryl methyl sites for hydroxylation is 1. The van der Waals surface area contributed by atoms with Gasteiger partial charge < -0.3 is 16.0 Å². The molecule has 3 N–H and O–H groups in total. The minimum atomic E-state index is -0.397. The van der Waals surface area contributed by atoms with Crippen molar-refractivity contribution in [3.8, 4) is 0 Å². The van der Waals surface area contributed by atoms with Crippen LogP contribution in [0.4, 0.5) is 10.5 Å². The van der Waals surface area contributed by atoms with E-state index in [-0.39, 0.29) is 18.4 Å². The van der Waals surface area contributed by atoms with Crippen LogP contribution in [0.2, 0.25) is 0 Å². The van der Waals surface area contributed by atoms with Crippen LogP contribution in [0, 0.1) is 0 Å². The molecule has 0 aromatic heterocycles. The van der Waals surface area contributed by atoms with Crippen molar-refractivity contribution in [2.75, 3.05) is 18.4 Å². The fourth-order valence-corrected chi connectivity index (χ4v) is 3.47. The predicted molar refractivity (Wildman–Crippen MR) is 125 cm³/mol. The number of nitrogens with one attached hydrogen (secondary N) is 3. The van der Waals surface area contributed by atoms with Gasteiger partial charge in [0.1, 0.15) is 0 Å². The highest BCUT2D eigenvalue weighted by Crippen LogP contribution is 2.27. The summed E-state index contributed by atoms with van der Waals surface area (Å²) in [6, 6.07) is 27.8. The number of benzene rings is 3. The largest absolute Gasteiger partial charge is 0.355 e. The summed E-state index contributed by atoms with van der Waals surface area (Å²) in [5.41, 5.74) is 4.34. The van der Waals surface area contributed by atoms with Gasteiger partial charge in [-0.05, 0) is 41.7 Å². The quantitative estimate of drug-likeness (QED) is 0.474. The van der Waals surface area contributed by atoms with E-state index in [1.807, 2.05) is 60.7 Å². The summed E-state index contributed by atoms with van der Waals surface area (Å²) in [5, 5.41) is 8.24. The summed E-state index contributed by atoms with van der Waals surface area (Å²) in [7, 11) is 0. The topological polar surface area (TPSA) is 70.2 Å². The molecule has 0 saturated heterocycles. The summed E-state index contributed by atoms with van der Waals surface area (Å²) in [6.45, 7) is 2.53. The van der Waals surface area contributed by atoms with Crippen molar-refractivity contribution >= 4 is 17.6 Å². The molecule has 0 atom stereocenters. The Kier molecular flexibility index (Phi) is 8.23. The van der Waals surface area contributed by atoms with Crippen LogP contribution in [0.15, 0.2) is 84.9 Å². The molecule has 0 heterocycles. The minimum absolute atomic E-state index is 0.0692. The number of carbonyl (C=O) groups is 2. The Bertz CT molecular complexity index is 917. The Morgan fingerprint density at radius 2 is 1.35 bits per heavy atom. The van der Waals surface area contributed by atoms with Crippen molar-refractivity contribution in [2.45, 2.75) is 25.7 Å². The zero-order valence-corrected chi connectivity index (χ0v) is 17.8. The third kappa shape index (κ3) is 7.00. The van der Waals surface area contributed by atoms with Gasteiger partial charge in [0.05, 0.1) is 6.54 Å². The van der Waals surface area contributed by atoms with Crippen LogP contribution in [-0.2, 0) is 11.2 Å². The van der Waals surface area contributed by atoms with Gasteiger partial charge in [-0.15, -0.1) is 0 Å². The first-order valence-corrected chi connectivity index (χ1v) is 10.7. The second-order valence-electron chi connectivity index (χ2n) is 7.37. The molecule has 0 spiro atoms. The molecule has 160 valence electrons. The highest BCUT2D eigenvalue weighted by atomic mass is 16.2. The molecule has 3 aromatic rings. The Morgan fingerprint density at radius 1 is 0.774 bits per heavy atom. The zero-order chi connectivity index (χ0) is 21.9. The van der Waals surface area contributed by atoms with Crippen LogP contribution in [0.1, 0.15) is 36.0 Å². The van der Waals surface area contributed by atoms with Gasteiger partial charge in [-0.3, -0.25) is 4.79 Å². The molecule has 3 amide bonds. The lowest BCUT2D eigenvalue weighted by molar-refractivity contribution is -0.120. The van der Waals surface area contributed by atoms with Gasteiger partial charge >= 0.3 is 6.03 Å². The molecule has 5 heteroatoms. The molecular formula is C26H29N3O2. The van der Waals surface area contributed by atoms with Gasteiger partial charge in [0.25, 0.3) is 0 Å². The number of urea groups is 1. The summed E-state index contributed by atoms with van der Waals surface area (Å²) in [5.74, 6) is -0.0126. The lowest BCUT2D eigenvalue weighted by Gasteiger charge is -2.18. The highest BCUT2D eigenvalue weighted by Gasteiger charge is 2.14. The summed E-state index contributed by atoms with van der Waals surface area (Å²) in [4.78, 5) is 24.2. The van der Waals surface area contributed by atoms with E-state index >= 15 is 0 Å². The van der Waals surface area contributed by atoms with Crippen molar-refractivity contribution in [1.82, 2.24) is 10.6 Å². The van der Waals surface area contributed by atoms with Crippen molar-refractivity contribution in [3.63, 3.8) is 0 Å². The van der Waals surface area contributed by atoms with Crippen molar-refractivity contribution in [1.29, 1.82) is 0 Å². The molecule has 0 aliphatic rings. The first kappa shape index (κ1) is 22.1. The Balaban J connectivity index is 1.45. The van der Waals surface area contributed by atoms with Crippen LogP contribution >= 0.6 is 0 Å². The monoisotopic (exact) mass is 415 g/mol. The number of amides is 3. The maximum atomic E-state index is 12.2. The van der Waals surface area contributed by atoms with Crippen LogP contribution < -0.4 is 16.0 Å². The number of carbonyl (C=O) groups excluding carboxylic acids is 2. The molecule has 0 aliphatic heterocycles. The Labute approximate surface area is 183 Å². The van der Waals surface area contributed by atoms with Crippen LogP contribution in [0.25, 0.3) is 0 Å². The molecule has 31 heavy (non-hydrogen) atoms. The fraction of sp³-hybridized carbons (Fsp3) is 0.231. The van der Waals surface area contributed by atoms with E-state index in [0.717, 1.165) is 12.8 Å². The first-order chi connectivity index (χ1) is 15.2. The van der Waals surface area contributed by atoms with E-state index in [0.29, 0.717) is 12.2 Å². The molecule has 0 radical (unpaired) electrons. The minimum Gasteiger partial charge on any atom is -0.355 e. The first-order valence-electron chi connectivity index (χ1n) is 10.7. The molecule has 3 aromatic carbocycles. The second-order valence-corrected chi connectivity index (χ2v) is 7.37. The smallest absolute Gasteiger partial charge is 0.319 e. The van der Waals surface area contributed by atoms with E-state index in [1.54, 1.807) is 0 Å². The predicted octanol–water partition coefficient (Wildman–Crippen LogP) is 4.71. The molecule has 3 rings (SSSR count). The molecule has 0 bridgehead atoms. The maximum absolute atomic E-state index is 12.2. The van der Waals surface area contributed by atoms with Crippen LogP contribution in [-0.4, -0.2) is 25.0 Å². The lowest BCUT2D eigenvalue weighted by atomic mass is 9.88. The van der Waals surface area contributed by atoms with E-state index in [4.69, 9.17) is 0 Å². The van der Waals surface area contributed by atoms with Crippen molar-refractivity contribution < 1.29 is 9.59 Å². The van der Waals surface area contributed by atoms with Gasteiger partial charge in [-0.1, -0.05) is 79.7 Å². The third-order valence-corrected chi connectivity index (χ3v) is 5.19. The Morgan fingerprint density at radius 3 is 1.90 bits per heavy atom. The summed E-state index contributed by atoms with van der Waals surface area (Å²) in [6.07, 6.45) is 1.72. The molecule has 0 unspecified atom stereocenters. The van der Waals surface area contributed by atoms with E-state index in [9.17, 15) is 9.59 Å². The molecule has 0 saturated carbocycles. The molecular weight excluding hydrogens is 386 g/mol. The SMILES string of the molecule is CCc1ccc(NC(=O)NCC(=O)NCCC(c2ccccc2)c2ccccc2)cc1. The highest BCUT2D eigenvalue weighted by molar-refractivity contribution is 5.92. The van der Waals surface area contributed by atoms with Gasteiger partial charge in [-0.2, -0.15) is 0 Å². The van der Waals surface area contributed by atoms with Gasteiger partial charge in [0.2, 0.25) is 5.91 Å². The second kappa shape index (κ2) is 11.6. The van der Waals surface area contributed by atoms with E-state index in [1.165, 1.54) is 16.7 Å². The zero-order valence-electron chi connectivity index (χ0n) is 17.8. The van der Waals surface area contributed by atoms with Gasteiger partial charge in [-0.25, -0.2) is 4.79 Å². The average molecular weight is 416 g/mol. The van der Waals surface area contributed by atoms with Crippen molar-refractivity contribution in [3.05, 3.63) is 102 Å².